The Morgan fingerprint density at radius 2 is 1.42 bits per heavy atom. The Labute approximate surface area is 214 Å². The van der Waals surface area contributed by atoms with E-state index in [0.29, 0.717) is 27.4 Å². The van der Waals surface area contributed by atoms with E-state index in [4.69, 9.17) is 11.6 Å². The predicted molar refractivity (Wildman–Crippen MR) is 140 cm³/mol. The predicted octanol–water partition coefficient (Wildman–Crippen LogP) is 5.60. The molecule has 2 N–H and O–H groups in total. The molecule has 1 aliphatic carbocycles. The van der Waals surface area contributed by atoms with E-state index in [-0.39, 0.29) is 17.1 Å². The lowest BCUT2D eigenvalue weighted by Gasteiger charge is -2.19. The third-order valence-corrected chi connectivity index (χ3v) is 7.76. The fourth-order valence-corrected chi connectivity index (χ4v) is 5.64. The second kappa shape index (κ2) is 9.70. The topological polar surface area (TPSA) is 92.3 Å². The molecular weight excluding hydrogens is 496 g/mol. The van der Waals surface area contributed by atoms with Gasteiger partial charge in [0.1, 0.15) is 0 Å². The number of sulfonamides is 1. The monoisotopic (exact) mass is 516 g/mol. The van der Waals surface area contributed by atoms with Crippen molar-refractivity contribution in [2.45, 2.75) is 17.4 Å². The highest BCUT2D eigenvalue weighted by Crippen LogP contribution is 2.37. The molecule has 0 aliphatic heterocycles. The molecule has 180 valence electrons. The summed E-state index contributed by atoms with van der Waals surface area (Å²) in [5, 5.41) is 3.23. The zero-order chi connectivity index (χ0) is 25.3. The van der Waals surface area contributed by atoms with Crippen LogP contribution in [0.1, 0.15) is 33.9 Å². The van der Waals surface area contributed by atoms with Gasteiger partial charge in [-0.25, -0.2) is 13.1 Å². The molecule has 5 rings (SSSR count). The summed E-state index contributed by atoms with van der Waals surface area (Å²) in [5.74, 6) is -0.486. The second-order valence-electron chi connectivity index (χ2n) is 8.43. The van der Waals surface area contributed by atoms with Gasteiger partial charge in [-0.3, -0.25) is 9.59 Å². The van der Waals surface area contributed by atoms with Gasteiger partial charge in [0.05, 0.1) is 10.9 Å². The molecule has 36 heavy (non-hydrogen) atoms. The molecule has 0 aromatic heterocycles. The molecule has 1 unspecified atom stereocenters. The molecule has 0 fully saturated rings. The Morgan fingerprint density at radius 1 is 0.778 bits per heavy atom. The van der Waals surface area contributed by atoms with Crippen LogP contribution in [0.25, 0.3) is 11.1 Å². The van der Waals surface area contributed by atoms with E-state index in [1.54, 1.807) is 42.5 Å². The summed E-state index contributed by atoms with van der Waals surface area (Å²) >= 11 is 5.89. The molecule has 0 saturated heterocycles. The van der Waals surface area contributed by atoms with Gasteiger partial charge in [0, 0.05) is 28.3 Å². The largest absolute Gasteiger partial charge is 0.326 e. The number of nitrogens with one attached hydrogen (secondary N) is 2. The molecule has 6 nitrogen and oxygen atoms in total. The Bertz CT molecular complexity index is 1570. The Balaban J connectivity index is 1.36. The normalized spacial score (nSPS) is 13.1. The molecule has 0 spiro atoms. The average Bonchev–Trinajstić information content (AvgIpc) is 3.16. The van der Waals surface area contributed by atoms with E-state index in [1.807, 2.05) is 30.3 Å². The zero-order valence-electron chi connectivity index (χ0n) is 18.9. The molecule has 4 aromatic carbocycles. The van der Waals surface area contributed by atoms with E-state index >= 15 is 0 Å². The first-order chi connectivity index (χ1) is 17.3. The van der Waals surface area contributed by atoms with Crippen LogP contribution in [0.4, 0.5) is 5.69 Å². The number of ketones is 1. The standard InChI is InChI=1S/C28H21ClN2O4S/c29-19-10-13-21(14-11-19)36(34,35)31-26(18-6-2-1-3-7-18)17-27(32)30-20-12-15-23-22-8-4-5-9-24(22)28(33)25(23)16-20/h1-16,26,31H,17H2,(H,30,32). The highest BCUT2D eigenvalue weighted by molar-refractivity contribution is 7.89. The minimum absolute atomic E-state index is 0.0462. The van der Waals surface area contributed by atoms with Crippen molar-refractivity contribution in [2.75, 3.05) is 5.32 Å². The number of rotatable bonds is 7. The van der Waals surface area contributed by atoms with Crippen LogP contribution in [-0.4, -0.2) is 20.1 Å². The lowest BCUT2D eigenvalue weighted by molar-refractivity contribution is -0.116. The molecule has 1 aliphatic rings. The number of carbonyl (C=O) groups excluding carboxylic acids is 2. The number of fused-ring (bicyclic) bond motifs is 3. The zero-order valence-corrected chi connectivity index (χ0v) is 20.5. The molecule has 8 heteroatoms. The number of hydrogen-bond acceptors (Lipinski definition) is 4. The SMILES string of the molecule is O=C(CC(NS(=O)(=O)c1ccc(Cl)cc1)c1ccccc1)Nc1ccc2c(c1)C(=O)c1ccccc1-2. The number of amides is 1. The van der Waals surface area contributed by atoms with Crippen LogP contribution >= 0.6 is 11.6 Å². The summed E-state index contributed by atoms with van der Waals surface area (Å²) < 4.78 is 28.7. The van der Waals surface area contributed by atoms with Crippen molar-refractivity contribution in [1.82, 2.24) is 4.72 Å². The van der Waals surface area contributed by atoms with Crippen molar-refractivity contribution in [3.8, 4) is 11.1 Å². The molecule has 0 radical (unpaired) electrons. The van der Waals surface area contributed by atoms with Gasteiger partial charge in [-0.15, -0.1) is 0 Å². The minimum atomic E-state index is -3.92. The fraction of sp³-hybridized carbons (Fsp3) is 0.0714. The highest BCUT2D eigenvalue weighted by atomic mass is 35.5. The molecule has 1 amide bonds. The summed E-state index contributed by atoms with van der Waals surface area (Å²) in [6, 6.07) is 26.5. The molecule has 4 aromatic rings. The quantitative estimate of drug-likeness (QED) is 0.294. The van der Waals surface area contributed by atoms with Crippen LogP contribution in [0, 0.1) is 0 Å². The summed E-state index contributed by atoms with van der Waals surface area (Å²) in [6.07, 6.45) is -0.151. The van der Waals surface area contributed by atoms with Gasteiger partial charge >= 0.3 is 0 Å². The van der Waals surface area contributed by atoms with Crippen molar-refractivity contribution in [1.29, 1.82) is 0 Å². The summed E-state index contributed by atoms with van der Waals surface area (Å²) in [5.41, 5.74) is 3.97. The van der Waals surface area contributed by atoms with Gasteiger partial charge in [0.2, 0.25) is 15.9 Å². The van der Waals surface area contributed by atoms with E-state index in [2.05, 4.69) is 10.0 Å². The molecule has 0 saturated carbocycles. The lowest BCUT2D eigenvalue weighted by Crippen LogP contribution is -2.31. The highest BCUT2D eigenvalue weighted by Gasteiger charge is 2.27. The fourth-order valence-electron chi connectivity index (χ4n) is 4.29. The maximum atomic E-state index is 13.0. The van der Waals surface area contributed by atoms with Gasteiger partial charge in [-0.2, -0.15) is 0 Å². The number of carbonyl (C=O) groups is 2. The number of anilines is 1. The van der Waals surface area contributed by atoms with Gasteiger partial charge in [0.25, 0.3) is 0 Å². The van der Waals surface area contributed by atoms with E-state index in [9.17, 15) is 18.0 Å². The minimum Gasteiger partial charge on any atom is -0.326 e. The number of halogens is 1. The van der Waals surface area contributed by atoms with Crippen LogP contribution < -0.4 is 10.0 Å². The number of benzene rings is 4. The van der Waals surface area contributed by atoms with Crippen LogP contribution in [0.5, 0.6) is 0 Å². The third kappa shape index (κ3) is 4.81. The van der Waals surface area contributed by atoms with Gasteiger partial charge in [0.15, 0.2) is 5.78 Å². The van der Waals surface area contributed by atoms with E-state index < -0.39 is 22.0 Å². The second-order valence-corrected chi connectivity index (χ2v) is 10.6. The smallest absolute Gasteiger partial charge is 0.241 e. The Hall–Kier alpha value is -3.78. The van der Waals surface area contributed by atoms with Crippen LogP contribution in [0.3, 0.4) is 0 Å². The summed E-state index contributed by atoms with van der Waals surface area (Å²) in [6.45, 7) is 0. The van der Waals surface area contributed by atoms with Crippen LogP contribution in [0.15, 0.2) is 102 Å². The van der Waals surface area contributed by atoms with E-state index in [1.165, 1.54) is 24.3 Å². The summed E-state index contributed by atoms with van der Waals surface area (Å²) in [7, 11) is -3.92. The third-order valence-electron chi connectivity index (χ3n) is 6.02. The Kier molecular flexibility index (Phi) is 6.45. The first-order valence-electron chi connectivity index (χ1n) is 11.2. The van der Waals surface area contributed by atoms with Gasteiger partial charge in [-0.1, -0.05) is 72.3 Å². The van der Waals surface area contributed by atoms with Crippen LogP contribution in [-0.2, 0) is 14.8 Å². The Morgan fingerprint density at radius 3 is 2.14 bits per heavy atom. The van der Waals surface area contributed by atoms with Crippen molar-refractivity contribution in [2.24, 2.45) is 0 Å². The van der Waals surface area contributed by atoms with Crippen molar-refractivity contribution >= 4 is 39.0 Å². The van der Waals surface area contributed by atoms with E-state index in [0.717, 1.165) is 11.1 Å². The van der Waals surface area contributed by atoms with Gasteiger partial charge < -0.3 is 5.32 Å². The maximum absolute atomic E-state index is 13.0. The first kappa shape index (κ1) is 23.9. The molecule has 1 atom stereocenters. The molecular formula is C28H21ClN2O4S. The maximum Gasteiger partial charge on any atom is 0.241 e. The molecule has 0 heterocycles. The van der Waals surface area contributed by atoms with Crippen molar-refractivity contribution in [3.63, 3.8) is 0 Å². The number of hydrogen-bond donors (Lipinski definition) is 2. The lowest BCUT2D eigenvalue weighted by atomic mass is 10.0. The summed E-state index contributed by atoms with van der Waals surface area (Å²) in [4.78, 5) is 25.9. The van der Waals surface area contributed by atoms with Gasteiger partial charge in [-0.05, 0) is 53.1 Å². The first-order valence-corrected chi connectivity index (χ1v) is 13.1. The average molecular weight is 517 g/mol. The van der Waals surface area contributed by atoms with Crippen LogP contribution in [0.2, 0.25) is 5.02 Å². The van der Waals surface area contributed by atoms with Crippen molar-refractivity contribution < 1.29 is 18.0 Å². The van der Waals surface area contributed by atoms with Crippen molar-refractivity contribution in [3.05, 3.63) is 119 Å². The molecule has 0 bridgehead atoms.